The highest BCUT2D eigenvalue weighted by molar-refractivity contribution is 8.04. The average Bonchev–Trinajstić information content (AvgIpc) is 3.05. The lowest BCUT2D eigenvalue weighted by Crippen LogP contribution is -2.35. The number of amides is 2. The number of benzene rings is 3. The number of likely N-dealkylation sites (N-methyl/N-ethyl adjacent to an activating group) is 1. The molecule has 3 aromatic rings. The zero-order chi connectivity index (χ0) is 22.7. The number of nitrogens with zero attached hydrogens (tertiary/aromatic N) is 2. The quantitative estimate of drug-likeness (QED) is 0.416. The predicted molar refractivity (Wildman–Crippen MR) is 129 cm³/mol. The van der Waals surface area contributed by atoms with Crippen LogP contribution in [0.25, 0.3) is 0 Å². The van der Waals surface area contributed by atoms with E-state index in [9.17, 15) is 9.59 Å². The zero-order valence-electron chi connectivity index (χ0n) is 17.6. The third-order valence-electron chi connectivity index (χ3n) is 5.02. The second-order valence-corrected chi connectivity index (χ2v) is 8.45. The summed E-state index contributed by atoms with van der Waals surface area (Å²) in [5.41, 5.74) is 1.48. The van der Waals surface area contributed by atoms with Gasteiger partial charge in [-0.15, -0.1) is 0 Å². The van der Waals surface area contributed by atoms with Gasteiger partial charge in [0.2, 0.25) is 0 Å². The van der Waals surface area contributed by atoms with Crippen molar-refractivity contribution in [2.75, 3.05) is 23.5 Å². The Labute approximate surface area is 196 Å². The number of para-hydroxylation sites is 1. The summed E-state index contributed by atoms with van der Waals surface area (Å²) in [7, 11) is 1.49. The lowest BCUT2D eigenvalue weighted by Gasteiger charge is -2.25. The first kappa shape index (κ1) is 22.0. The number of hydrogen-bond acceptors (Lipinski definition) is 5. The van der Waals surface area contributed by atoms with Gasteiger partial charge in [0.25, 0.3) is 11.8 Å². The molecule has 5 nitrogen and oxygen atoms in total. The summed E-state index contributed by atoms with van der Waals surface area (Å²) in [4.78, 5) is 31.7. The van der Waals surface area contributed by atoms with Crippen LogP contribution in [-0.2, 0) is 9.59 Å². The van der Waals surface area contributed by atoms with Gasteiger partial charge in [0.05, 0.1) is 12.8 Å². The Morgan fingerprint density at radius 1 is 0.938 bits per heavy atom. The van der Waals surface area contributed by atoms with E-state index in [-0.39, 0.29) is 0 Å². The molecule has 2 amide bonds. The van der Waals surface area contributed by atoms with Crippen molar-refractivity contribution in [3.8, 4) is 5.75 Å². The monoisotopic (exact) mass is 464 g/mol. The molecule has 0 radical (unpaired) electrons. The number of imide groups is 1. The molecule has 1 heterocycles. The number of halogens is 1. The Kier molecular flexibility index (Phi) is 6.53. The van der Waals surface area contributed by atoms with Crippen molar-refractivity contribution in [3.05, 3.63) is 94.5 Å². The summed E-state index contributed by atoms with van der Waals surface area (Å²) in [6.45, 7) is 2.46. The van der Waals surface area contributed by atoms with Gasteiger partial charge in [0, 0.05) is 22.2 Å². The molecular weight excluding hydrogens is 444 g/mol. The van der Waals surface area contributed by atoms with Gasteiger partial charge in [-0.2, -0.15) is 0 Å². The number of hydrogen-bond donors (Lipinski definition) is 0. The number of rotatable bonds is 7. The number of carbonyl (C=O) groups is 2. The minimum absolute atomic E-state index is 0.320. The maximum absolute atomic E-state index is 13.8. The maximum Gasteiger partial charge on any atom is 0.283 e. The van der Waals surface area contributed by atoms with Crippen molar-refractivity contribution in [1.82, 2.24) is 0 Å². The molecule has 1 aliphatic heterocycles. The Morgan fingerprint density at radius 2 is 1.59 bits per heavy atom. The second kappa shape index (κ2) is 9.51. The minimum atomic E-state index is -0.417. The molecule has 0 aliphatic carbocycles. The van der Waals surface area contributed by atoms with Gasteiger partial charge >= 0.3 is 0 Å². The Balaban J connectivity index is 1.86. The number of carbonyl (C=O) groups excluding carboxylic acids is 2. The highest BCUT2D eigenvalue weighted by Gasteiger charge is 2.43. The summed E-state index contributed by atoms with van der Waals surface area (Å²) in [5.74, 6) is -0.433. The summed E-state index contributed by atoms with van der Waals surface area (Å²) in [6.07, 6.45) is 0. The molecule has 0 bridgehead atoms. The summed E-state index contributed by atoms with van der Waals surface area (Å²) >= 11 is 7.48. The van der Waals surface area contributed by atoms with Crippen LogP contribution in [0.5, 0.6) is 5.75 Å². The molecule has 0 unspecified atom stereocenters. The molecule has 32 heavy (non-hydrogen) atoms. The van der Waals surface area contributed by atoms with Crippen molar-refractivity contribution >= 4 is 46.6 Å². The highest BCUT2D eigenvalue weighted by atomic mass is 35.5. The second-order valence-electron chi connectivity index (χ2n) is 6.93. The third-order valence-corrected chi connectivity index (χ3v) is 6.33. The Hall–Kier alpha value is -3.22. The molecule has 0 saturated heterocycles. The van der Waals surface area contributed by atoms with Crippen LogP contribution in [0.2, 0.25) is 5.02 Å². The molecular formula is C25H21ClN2O3S. The van der Waals surface area contributed by atoms with Gasteiger partial charge in [-0.05, 0) is 49.4 Å². The van der Waals surface area contributed by atoms with Crippen molar-refractivity contribution in [2.24, 2.45) is 0 Å². The third kappa shape index (κ3) is 4.11. The molecule has 0 fully saturated rings. The van der Waals surface area contributed by atoms with E-state index in [1.54, 1.807) is 18.2 Å². The number of methoxy groups -OCH3 is 1. The van der Waals surface area contributed by atoms with Crippen molar-refractivity contribution < 1.29 is 14.3 Å². The van der Waals surface area contributed by atoms with Crippen LogP contribution in [-0.4, -0.2) is 25.5 Å². The lowest BCUT2D eigenvalue weighted by atomic mass is 10.2. The number of ether oxygens (including phenoxy) is 1. The predicted octanol–water partition coefficient (Wildman–Crippen LogP) is 5.75. The van der Waals surface area contributed by atoms with Crippen LogP contribution in [0.15, 0.2) is 94.4 Å². The molecule has 0 N–H and O–H groups in total. The molecule has 0 atom stereocenters. The molecule has 1 aliphatic rings. The molecule has 7 heteroatoms. The summed E-state index contributed by atoms with van der Waals surface area (Å²) < 4.78 is 5.43. The standard InChI is InChI=1S/C25H21ClN2O3S/c1-3-27(18-10-6-4-7-11-18)22-23(32-19-12-8-5-9-13-19)25(30)28(24(22)29)20-16-17(26)14-15-21(20)31-2/h4-16H,3H2,1-2H3. The van der Waals surface area contributed by atoms with E-state index >= 15 is 0 Å². The fourth-order valence-electron chi connectivity index (χ4n) is 3.57. The number of thioether (sulfide) groups is 1. The van der Waals surface area contributed by atoms with E-state index in [1.165, 1.54) is 18.9 Å². The van der Waals surface area contributed by atoms with E-state index in [4.69, 9.17) is 16.3 Å². The van der Waals surface area contributed by atoms with E-state index in [2.05, 4.69) is 0 Å². The van der Waals surface area contributed by atoms with Gasteiger partial charge in [-0.25, -0.2) is 4.90 Å². The van der Waals surface area contributed by atoms with E-state index < -0.39 is 11.8 Å². The van der Waals surface area contributed by atoms with Gasteiger partial charge in [0.15, 0.2) is 0 Å². The first-order valence-corrected chi connectivity index (χ1v) is 11.3. The topological polar surface area (TPSA) is 49.9 Å². The van der Waals surface area contributed by atoms with Crippen LogP contribution >= 0.6 is 23.4 Å². The zero-order valence-corrected chi connectivity index (χ0v) is 19.2. The van der Waals surface area contributed by atoms with Gasteiger partial charge in [-0.1, -0.05) is 59.8 Å². The lowest BCUT2D eigenvalue weighted by molar-refractivity contribution is -0.120. The minimum Gasteiger partial charge on any atom is -0.495 e. The van der Waals surface area contributed by atoms with E-state index in [0.717, 1.165) is 15.5 Å². The first-order valence-electron chi connectivity index (χ1n) is 10.1. The van der Waals surface area contributed by atoms with Gasteiger partial charge in [0.1, 0.15) is 16.4 Å². The largest absolute Gasteiger partial charge is 0.495 e. The Bertz CT molecular complexity index is 1180. The molecule has 3 aromatic carbocycles. The van der Waals surface area contributed by atoms with Crippen LogP contribution < -0.4 is 14.5 Å². The van der Waals surface area contributed by atoms with E-state index in [0.29, 0.717) is 33.6 Å². The van der Waals surface area contributed by atoms with Crippen LogP contribution in [0.4, 0.5) is 11.4 Å². The highest BCUT2D eigenvalue weighted by Crippen LogP contribution is 2.42. The molecule has 0 saturated carbocycles. The SMILES string of the molecule is CCN(C1=C(Sc2ccccc2)C(=O)N(c2cc(Cl)ccc2OC)C1=O)c1ccccc1. The van der Waals surface area contributed by atoms with Crippen LogP contribution in [0.1, 0.15) is 6.92 Å². The normalized spacial score (nSPS) is 13.7. The van der Waals surface area contributed by atoms with Crippen LogP contribution in [0, 0.1) is 0 Å². The maximum atomic E-state index is 13.8. The molecule has 4 rings (SSSR count). The average molecular weight is 465 g/mol. The molecule has 162 valence electrons. The van der Waals surface area contributed by atoms with Crippen molar-refractivity contribution in [2.45, 2.75) is 11.8 Å². The van der Waals surface area contributed by atoms with Crippen molar-refractivity contribution in [1.29, 1.82) is 0 Å². The fourth-order valence-corrected chi connectivity index (χ4v) is 4.74. The van der Waals surface area contributed by atoms with Crippen LogP contribution in [0.3, 0.4) is 0 Å². The van der Waals surface area contributed by atoms with Gasteiger partial charge in [-0.3, -0.25) is 9.59 Å². The fraction of sp³-hybridized carbons (Fsp3) is 0.120. The van der Waals surface area contributed by atoms with E-state index in [1.807, 2.05) is 72.5 Å². The smallest absolute Gasteiger partial charge is 0.283 e. The van der Waals surface area contributed by atoms with Gasteiger partial charge < -0.3 is 9.64 Å². The first-order chi connectivity index (χ1) is 15.5. The molecule has 0 spiro atoms. The summed E-state index contributed by atoms with van der Waals surface area (Å²) in [5, 5.41) is 0.405. The Morgan fingerprint density at radius 3 is 2.22 bits per heavy atom. The van der Waals surface area contributed by atoms with Crippen molar-refractivity contribution in [3.63, 3.8) is 0 Å². The number of anilines is 2. The summed E-state index contributed by atoms with van der Waals surface area (Å²) in [6, 6.07) is 24.0. The molecule has 0 aromatic heterocycles.